The molecule has 0 radical (unpaired) electrons. The number of carbonyl (C=O) groups excluding carboxylic acids is 2. The van der Waals surface area contributed by atoms with Crippen LogP contribution < -0.4 is 10.9 Å². The van der Waals surface area contributed by atoms with Gasteiger partial charge in [0.1, 0.15) is 5.76 Å². The Bertz CT molecular complexity index is 1440. The second kappa shape index (κ2) is 10.1. The zero-order valence-corrected chi connectivity index (χ0v) is 23.7. The molecule has 5 rings (SSSR count). The molecule has 1 aromatic carbocycles. The lowest BCUT2D eigenvalue weighted by molar-refractivity contribution is -0.133. The van der Waals surface area contributed by atoms with Gasteiger partial charge < -0.3 is 9.32 Å². The van der Waals surface area contributed by atoms with Crippen molar-refractivity contribution < 1.29 is 14.0 Å². The maximum absolute atomic E-state index is 13.3. The molecule has 1 aliphatic heterocycles. The molecule has 1 unspecified atom stereocenters. The fourth-order valence-electron chi connectivity index (χ4n) is 5.73. The van der Waals surface area contributed by atoms with Gasteiger partial charge in [0.15, 0.2) is 11.6 Å². The molecule has 1 fully saturated rings. The van der Waals surface area contributed by atoms with Crippen LogP contribution in [-0.4, -0.2) is 45.8 Å². The quantitative estimate of drug-likeness (QED) is 0.400. The van der Waals surface area contributed by atoms with Gasteiger partial charge in [-0.3, -0.25) is 19.7 Å². The van der Waals surface area contributed by atoms with E-state index in [1.165, 1.54) is 0 Å². The highest BCUT2D eigenvalue weighted by atomic mass is 16.4. The Morgan fingerprint density at radius 2 is 1.87 bits per heavy atom. The summed E-state index contributed by atoms with van der Waals surface area (Å²) in [5.41, 5.74) is 10.2. The summed E-state index contributed by atoms with van der Waals surface area (Å²) in [6.07, 6.45) is 4.76. The topological polar surface area (TPSA) is 105 Å². The fraction of sp³-hybridized carbons (Fsp3) is 0.467. The molecule has 9 heteroatoms. The van der Waals surface area contributed by atoms with Gasteiger partial charge in [0, 0.05) is 44.8 Å². The summed E-state index contributed by atoms with van der Waals surface area (Å²) in [6.45, 7) is 11.5. The zero-order valence-electron chi connectivity index (χ0n) is 23.7. The van der Waals surface area contributed by atoms with Gasteiger partial charge in [0.25, 0.3) is 0 Å². The monoisotopic (exact) mass is 530 g/mol. The van der Waals surface area contributed by atoms with Crippen LogP contribution in [0.25, 0.3) is 0 Å². The molecule has 0 spiro atoms. The predicted molar refractivity (Wildman–Crippen MR) is 150 cm³/mol. The number of aromatic nitrogens is 2. The fourth-order valence-corrected chi connectivity index (χ4v) is 5.73. The first-order valence-corrected chi connectivity index (χ1v) is 13.7. The van der Waals surface area contributed by atoms with Gasteiger partial charge in [0.2, 0.25) is 5.91 Å². The van der Waals surface area contributed by atoms with E-state index in [4.69, 9.17) is 4.42 Å². The number of furan rings is 1. The van der Waals surface area contributed by atoms with Gasteiger partial charge in [-0.05, 0) is 76.3 Å². The van der Waals surface area contributed by atoms with Gasteiger partial charge in [-0.25, -0.2) is 10.4 Å². The lowest BCUT2D eigenvalue weighted by atomic mass is 9.88. The van der Waals surface area contributed by atoms with Crippen molar-refractivity contribution in [3.8, 4) is 0 Å². The van der Waals surface area contributed by atoms with E-state index >= 15 is 0 Å². The summed E-state index contributed by atoms with van der Waals surface area (Å²) in [6, 6.07) is 9.86. The number of carbonyl (C=O) groups is 2. The van der Waals surface area contributed by atoms with Crippen molar-refractivity contribution in [2.45, 2.75) is 71.3 Å². The number of rotatable bonds is 9. The van der Waals surface area contributed by atoms with Crippen LogP contribution in [0.3, 0.4) is 0 Å². The highest BCUT2D eigenvalue weighted by Gasteiger charge is 2.52. The lowest BCUT2D eigenvalue weighted by Gasteiger charge is -2.32. The molecular formula is C30H38N6O3. The molecule has 2 N–H and O–H groups in total. The Kier molecular flexibility index (Phi) is 6.97. The van der Waals surface area contributed by atoms with Crippen LogP contribution in [0.5, 0.6) is 0 Å². The lowest BCUT2D eigenvalue weighted by Crippen LogP contribution is -2.51. The Balaban J connectivity index is 1.28. The van der Waals surface area contributed by atoms with E-state index in [2.05, 4.69) is 46.1 Å². The van der Waals surface area contributed by atoms with E-state index in [1.54, 1.807) is 10.7 Å². The zero-order chi connectivity index (χ0) is 27.9. The number of nitrogens with one attached hydrogen (secondary N) is 2. The molecule has 1 atom stereocenters. The number of fused-ring (bicyclic) bond motifs is 1. The van der Waals surface area contributed by atoms with Crippen molar-refractivity contribution in [1.29, 1.82) is 0 Å². The second-order valence-corrected chi connectivity index (χ2v) is 11.0. The molecular weight excluding hydrogens is 492 g/mol. The maximum Gasteiger partial charge on any atom is 0.301 e. The Labute approximate surface area is 229 Å². The molecule has 1 saturated carbocycles. The summed E-state index contributed by atoms with van der Waals surface area (Å²) in [4.78, 5) is 32.6. The molecule has 2 aromatic heterocycles. The largest absolute Gasteiger partial charge is 0.456 e. The highest BCUT2D eigenvalue weighted by molar-refractivity contribution is 5.92. The predicted octanol–water partition coefficient (Wildman–Crippen LogP) is 4.38. The third-order valence-corrected chi connectivity index (χ3v) is 8.27. The van der Waals surface area contributed by atoms with Crippen molar-refractivity contribution in [3.63, 3.8) is 0 Å². The first-order valence-electron chi connectivity index (χ1n) is 13.7. The molecule has 3 heterocycles. The Morgan fingerprint density at radius 1 is 1.13 bits per heavy atom. The van der Waals surface area contributed by atoms with Crippen molar-refractivity contribution in [2.24, 2.45) is 12.0 Å². The average Bonchev–Trinajstić information content (AvgIpc) is 3.50. The van der Waals surface area contributed by atoms with Crippen molar-refractivity contribution in [1.82, 2.24) is 25.5 Å². The Morgan fingerprint density at radius 3 is 2.56 bits per heavy atom. The molecule has 9 nitrogen and oxygen atoms in total. The van der Waals surface area contributed by atoms with E-state index in [0.29, 0.717) is 18.6 Å². The minimum atomic E-state index is -0.542. The normalized spacial score (nSPS) is 19.0. The van der Waals surface area contributed by atoms with E-state index in [-0.39, 0.29) is 17.6 Å². The summed E-state index contributed by atoms with van der Waals surface area (Å²) >= 11 is 0. The molecule has 2 aliphatic rings. The van der Waals surface area contributed by atoms with Crippen LogP contribution in [0.15, 0.2) is 39.7 Å². The second-order valence-electron chi connectivity index (χ2n) is 11.0. The van der Waals surface area contributed by atoms with Gasteiger partial charge in [-0.1, -0.05) is 18.2 Å². The van der Waals surface area contributed by atoms with Crippen LogP contribution in [-0.2, 0) is 29.2 Å². The van der Waals surface area contributed by atoms with E-state index in [9.17, 15) is 9.59 Å². The van der Waals surface area contributed by atoms with Crippen LogP contribution in [0.1, 0.15) is 84.3 Å². The van der Waals surface area contributed by atoms with Gasteiger partial charge >= 0.3 is 5.91 Å². The number of hydrogen-bond donors (Lipinski definition) is 2. The summed E-state index contributed by atoms with van der Waals surface area (Å²) < 4.78 is 7.72. The van der Waals surface area contributed by atoms with Crippen LogP contribution >= 0.6 is 0 Å². The van der Waals surface area contributed by atoms with Crippen molar-refractivity contribution >= 4 is 23.8 Å². The molecule has 2 amide bonds. The minimum Gasteiger partial charge on any atom is -0.456 e. The number of aliphatic imine (C=N–C) groups is 1. The third-order valence-electron chi connectivity index (χ3n) is 8.27. The molecule has 0 bridgehead atoms. The number of aryl methyl sites for hydroxylation is 3. The number of benzene rings is 1. The van der Waals surface area contributed by atoms with E-state index in [1.807, 2.05) is 51.9 Å². The first kappa shape index (κ1) is 26.9. The number of hydrogen-bond acceptors (Lipinski definition) is 6. The molecule has 0 saturated heterocycles. The van der Waals surface area contributed by atoms with Crippen LogP contribution in [0, 0.1) is 13.8 Å². The molecule has 1 aliphatic carbocycles. The van der Waals surface area contributed by atoms with Crippen LogP contribution in [0.4, 0.5) is 5.82 Å². The smallest absolute Gasteiger partial charge is 0.301 e. The summed E-state index contributed by atoms with van der Waals surface area (Å²) in [7, 11) is 1.86. The van der Waals surface area contributed by atoms with Crippen molar-refractivity contribution in [2.75, 3.05) is 13.1 Å². The number of amides is 2. The first-order chi connectivity index (χ1) is 18.6. The SMILES string of the molecule is CCN(CC)C(=O)C1(c2ccc(C)c(Cc3ccc(C(=O)NNC4(C)CC=Nc5c4c(C)nn5C)o3)c2)CC1. The molecule has 3 aromatic rings. The number of hydrazine groups is 1. The maximum atomic E-state index is 13.3. The molecule has 206 valence electrons. The average molecular weight is 531 g/mol. The van der Waals surface area contributed by atoms with Crippen LogP contribution in [0.2, 0.25) is 0 Å². The standard InChI is InChI=1S/C30H38N6O3/c1-7-36(8-2)28(38)30(13-14-30)22-10-9-19(3)21(17-22)18-23-11-12-24(39-23)27(37)32-34-29(5)15-16-31-26-25(29)20(4)33-35(26)6/h9-12,16-17,34H,7-8,13-15,18H2,1-6H3,(H,32,37). The highest BCUT2D eigenvalue weighted by Crippen LogP contribution is 2.50. The van der Waals surface area contributed by atoms with Crippen molar-refractivity contribution in [3.05, 3.63) is 69.8 Å². The van der Waals surface area contributed by atoms with Gasteiger partial charge in [-0.15, -0.1) is 0 Å². The van der Waals surface area contributed by atoms with Gasteiger partial charge in [-0.2, -0.15) is 5.10 Å². The summed E-state index contributed by atoms with van der Waals surface area (Å²) in [5.74, 6) is 1.59. The summed E-state index contributed by atoms with van der Waals surface area (Å²) in [5, 5.41) is 4.49. The number of likely N-dealkylation sites (N-methyl/N-ethyl adjacent to an activating group) is 1. The molecule has 39 heavy (non-hydrogen) atoms. The Hall–Kier alpha value is -3.72. The van der Waals surface area contributed by atoms with E-state index in [0.717, 1.165) is 59.7 Å². The van der Waals surface area contributed by atoms with Gasteiger partial charge in [0.05, 0.1) is 16.6 Å². The minimum absolute atomic E-state index is 0.221. The third kappa shape index (κ3) is 4.80. The number of nitrogens with zero attached hydrogens (tertiary/aromatic N) is 4. The van der Waals surface area contributed by atoms with E-state index < -0.39 is 11.0 Å².